The number of nitrogens with one attached hydrogen (secondary N) is 2. The van der Waals surface area contributed by atoms with Crippen LogP contribution in [-0.4, -0.2) is 24.0 Å². The van der Waals surface area contributed by atoms with Crippen molar-refractivity contribution in [2.24, 2.45) is 0 Å². The minimum Gasteiger partial charge on any atom is -0.317 e. The van der Waals surface area contributed by atoms with Crippen molar-refractivity contribution in [3.05, 3.63) is 46.5 Å². The highest BCUT2D eigenvalue weighted by molar-refractivity contribution is 7.15. The molecule has 1 amide bonds. The van der Waals surface area contributed by atoms with E-state index in [0.29, 0.717) is 16.6 Å². The van der Waals surface area contributed by atoms with Gasteiger partial charge in [-0.3, -0.25) is 10.1 Å². The van der Waals surface area contributed by atoms with Gasteiger partial charge in [0.1, 0.15) is 0 Å². The van der Waals surface area contributed by atoms with Crippen LogP contribution in [0.1, 0.15) is 52.9 Å². The Labute approximate surface area is 141 Å². The second kappa shape index (κ2) is 7.70. The second-order valence-electron chi connectivity index (χ2n) is 5.99. The van der Waals surface area contributed by atoms with Crippen LogP contribution in [0, 0.1) is 0 Å². The zero-order valence-electron chi connectivity index (χ0n) is 13.5. The molecule has 1 saturated heterocycles. The number of carbonyl (C=O) groups excluding carboxylic acids is 1. The van der Waals surface area contributed by atoms with Crippen LogP contribution in [0.25, 0.3) is 0 Å². The number of nitrogens with zero attached hydrogens (tertiary/aromatic N) is 1. The lowest BCUT2D eigenvalue weighted by Crippen LogP contribution is -2.26. The molecule has 23 heavy (non-hydrogen) atoms. The number of amides is 1. The van der Waals surface area contributed by atoms with Crippen LogP contribution in [-0.2, 0) is 6.42 Å². The zero-order chi connectivity index (χ0) is 16.1. The lowest BCUT2D eigenvalue weighted by Gasteiger charge is -2.20. The van der Waals surface area contributed by atoms with E-state index >= 15 is 0 Å². The number of aryl methyl sites for hydroxylation is 1. The fourth-order valence-corrected chi connectivity index (χ4v) is 3.90. The minimum atomic E-state index is -0.0840. The quantitative estimate of drug-likeness (QED) is 0.877. The fourth-order valence-electron chi connectivity index (χ4n) is 2.92. The Morgan fingerprint density at radius 2 is 2.04 bits per heavy atom. The van der Waals surface area contributed by atoms with Crippen molar-refractivity contribution in [1.82, 2.24) is 10.3 Å². The number of benzene rings is 1. The van der Waals surface area contributed by atoms with Crippen molar-refractivity contribution in [1.29, 1.82) is 0 Å². The number of hydrogen-bond donors (Lipinski definition) is 2. The SMILES string of the molecule is CCCc1ccc(C(=O)Nc2ncc(C3CCNCC3)s2)cc1. The summed E-state index contributed by atoms with van der Waals surface area (Å²) in [6.45, 7) is 4.28. The van der Waals surface area contributed by atoms with Gasteiger partial charge in [0.15, 0.2) is 5.13 Å². The Morgan fingerprint density at radius 1 is 1.30 bits per heavy atom. The standard InChI is InChI=1S/C18H23N3OS/c1-2-3-13-4-6-15(7-5-13)17(22)21-18-20-12-16(23-18)14-8-10-19-11-9-14/h4-7,12,14,19H,2-3,8-11H2,1H3,(H,20,21,22). The first kappa shape index (κ1) is 16.1. The summed E-state index contributed by atoms with van der Waals surface area (Å²) in [5.41, 5.74) is 1.95. The largest absolute Gasteiger partial charge is 0.317 e. The molecule has 1 aliphatic heterocycles. The summed E-state index contributed by atoms with van der Waals surface area (Å²) in [6, 6.07) is 7.84. The Balaban J connectivity index is 1.62. The molecule has 0 unspecified atom stereocenters. The zero-order valence-corrected chi connectivity index (χ0v) is 14.3. The molecule has 4 nitrogen and oxygen atoms in total. The van der Waals surface area contributed by atoms with Gasteiger partial charge in [-0.25, -0.2) is 4.98 Å². The Bertz CT molecular complexity index is 645. The average molecular weight is 329 g/mol. The molecular weight excluding hydrogens is 306 g/mol. The first-order valence-electron chi connectivity index (χ1n) is 8.33. The molecule has 1 fully saturated rings. The van der Waals surface area contributed by atoms with Crippen molar-refractivity contribution in [2.75, 3.05) is 18.4 Å². The Kier molecular flexibility index (Phi) is 5.41. The molecule has 2 aromatic rings. The number of thiazole rings is 1. The van der Waals surface area contributed by atoms with Crippen LogP contribution in [0.3, 0.4) is 0 Å². The van der Waals surface area contributed by atoms with Gasteiger partial charge in [-0.1, -0.05) is 25.5 Å². The third-order valence-electron chi connectivity index (χ3n) is 4.24. The van der Waals surface area contributed by atoms with E-state index in [1.165, 1.54) is 10.4 Å². The molecule has 1 aromatic carbocycles. The van der Waals surface area contributed by atoms with E-state index in [1.807, 2.05) is 30.5 Å². The van der Waals surface area contributed by atoms with Gasteiger partial charge < -0.3 is 5.32 Å². The van der Waals surface area contributed by atoms with Crippen molar-refractivity contribution >= 4 is 22.4 Å². The van der Waals surface area contributed by atoms with Crippen LogP contribution in [0.4, 0.5) is 5.13 Å². The topological polar surface area (TPSA) is 54.0 Å². The van der Waals surface area contributed by atoms with Crippen LogP contribution < -0.4 is 10.6 Å². The van der Waals surface area contributed by atoms with Gasteiger partial charge in [-0.05, 0) is 56.0 Å². The number of anilines is 1. The molecule has 0 spiro atoms. The maximum atomic E-state index is 12.3. The average Bonchev–Trinajstić information content (AvgIpc) is 3.05. The molecule has 5 heteroatoms. The van der Waals surface area contributed by atoms with Crippen molar-refractivity contribution < 1.29 is 4.79 Å². The minimum absolute atomic E-state index is 0.0840. The van der Waals surface area contributed by atoms with E-state index in [2.05, 4.69) is 22.5 Å². The van der Waals surface area contributed by atoms with Gasteiger partial charge in [0.05, 0.1) is 0 Å². The van der Waals surface area contributed by atoms with Crippen molar-refractivity contribution in [3.8, 4) is 0 Å². The van der Waals surface area contributed by atoms with Gasteiger partial charge in [0.25, 0.3) is 5.91 Å². The molecule has 2 N–H and O–H groups in total. The number of hydrogen-bond acceptors (Lipinski definition) is 4. The molecule has 2 heterocycles. The number of carbonyl (C=O) groups is 1. The molecule has 0 atom stereocenters. The van der Waals surface area contributed by atoms with Crippen LogP contribution in [0.5, 0.6) is 0 Å². The summed E-state index contributed by atoms with van der Waals surface area (Å²) >= 11 is 1.60. The molecule has 3 rings (SSSR count). The maximum absolute atomic E-state index is 12.3. The normalized spacial score (nSPS) is 15.5. The highest BCUT2D eigenvalue weighted by Crippen LogP contribution is 2.31. The number of aromatic nitrogens is 1. The summed E-state index contributed by atoms with van der Waals surface area (Å²) in [4.78, 5) is 18.0. The van der Waals surface area contributed by atoms with E-state index in [-0.39, 0.29) is 5.91 Å². The van der Waals surface area contributed by atoms with Crippen LogP contribution in [0.2, 0.25) is 0 Å². The summed E-state index contributed by atoms with van der Waals surface area (Å²) in [5, 5.41) is 6.99. The van der Waals surface area contributed by atoms with Crippen LogP contribution in [0.15, 0.2) is 30.5 Å². The first-order valence-corrected chi connectivity index (χ1v) is 9.14. The summed E-state index contributed by atoms with van der Waals surface area (Å²) < 4.78 is 0. The van der Waals surface area contributed by atoms with Crippen LogP contribution >= 0.6 is 11.3 Å². The molecule has 0 aliphatic carbocycles. The predicted molar refractivity (Wildman–Crippen MR) is 95.3 cm³/mol. The third kappa shape index (κ3) is 4.18. The van der Waals surface area contributed by atoms with Gasteiger partial charge in [0.2, 0.25) is 0 Å². The van der Waals surface area contributed by atoms with Gasteiger partial charge in [0, 0.05) is 16.6 Å². The monoisotopic (exact) mass is 329 g/mol. The predicted octanol–water partition coefficient (Wildman–Crippen LogP) is 3.81. The van der Waals surface area contributed by atoms with Gasteiger partial charge >= 0.3 is 0 Å². The van der Waals surface area contributed by atoms with Gasteiger partial charge in [-0.2, -0.15) is 0 Å². The maximum Gasteiger partial charge on any atom is 0.257 e. The fraction of sp³-hybridized carbons (Fsp3) is 0.444. The summed E-state index contributed by atoms with van der Waals surface area (Å²) in [7, 11) is 0. The van der Waals surface area contributed by atoms with Crippen molar-refractivity contribution in [2.45, 2.75) is 38.5 Å². The van der Waals surface area contributed by atoms with Gasteiger partial charge in [-0.15, -0.1) is 11.3 Å². The number of piperidine rings is 1. The summed E-state index contributed by atoms with van der Waals surface area (Å²) in [5.74, 6) is 0.493. The van der Waals surface area contributed by atoms with E-state index in [1.54, 1.807) is 11.3 Å². The Hall–Kier alpha value is -1.72. The lowest BCUT2D eigenvalue weighted by molar-refractivity contribution is 0.102. The van der Waals surface area contributed by atoms with E-state index in [0.717, 1.165) is 38.8 Å². The third-order valence-corrected chi connectivity index (χ3v) is 5.32. The highest BCUT2D eigenvalue weighted by Gasteiger charge is 2.18. The molecule has 1 aromatic heterocycles. The molecule has 0 saturated carbocycles. The molecular formula is C18H23N3OS. The van der Waals surface area contributed by atoms with E-state index < -0.39 is 0 Å². The Morgan fingerprint density at radius 3 is 2.74 bits per heavy atom. The summed E-state index contributed by atoms with van der Waals surface area (Å²) in [6.07, 6.45) is 6.38. The highest BCUT2D eigenvalue weighted by atomic mass is 32.1. The lowest BCUT2D eigenvalue weighted by atomic mass is 9.97. The van der Waals surface area contributed by atoms with E-state index in [4.69, 9.17) is 0 Å². The second-order valence-corrected chi connectivity index (χ2v) is 7.06. The van der Waals surface area contributed by atoms with Crippen molar-refractivity contribution in [3.63, 3.8) is 0 Å². The molecule has 0 radical (unpaired) electrons. The molecule has 0 bridgehead atoms. The molecule has 122 valence electrons. The smallest absolute Gasteiger partial charge is 0.257 e. The number of rotatable bonds is 5. The molecule has 1 aliphatic rings. The first-order chi connectivity index (χ1) is 11.3. The van der Waals surface area contributed by atoms with E-state index in [9.17, 15) is 4.79 Å².